The molecule has 0 saturated carbocycles. The smallest absolute Gasteiger partial charge is 0.320 e. The van der Waals surface area contributed by atoms with Crippen molar-refractivity contribution < 1.29 is 9.90 Å². The van der Waals surface area contributed by atoms with E-state index in [9.17, 15) is 9.90 Å². The first-order valence-electron chi connectivity index (χ1n) is 6.24. The number of carbonyl (C=O) groups excluding carboxylic acids is 1. The number of amides is 2. The van der Waals surface area contributed by atoms with Gasteiger partial charge in [0.25, 0.3) is 0 Å². The Balaban J connectivity index is 1.92. The molecular weight excluding hydrogens is 204 g/mol. The zero-order valence-corrected chi connectivity index (χ0v) is 10.3. The average molecular weight is 226 g/mol. The third kappa shape index (κ3) is 2.48. The maximum absolute atomic E-state index is 12.2. The summed E-state index contributed by atoms with van der Waals surface area (Å²) in [5.41, 5.74) is -0.683. The van der Waals surface area contributed by atoms with Crippen LogP contribution in [0.25, 0.3) is 0 Å². The molecule has 2 aliphatic heterocycles. The molecule has 2 amide bonds. The van der Waals surface area contributed by atoms with Gasteiger partial charge in [-0.15, -0.1) is 0 Å². The lowest BCUT2D eigenvalue weighted by atomic mass is 10.0. The predicted octanol–water partition coefficient (Wildman–Crippen LogP) is 1.29. The van der Waals surface area contributed by atoms with Gasteiger partial charge in [-0.25, -0.2) is 4.79 Å². The van der Waals surface area contributed by atoms with Crippen LogP contribution in [-0.2, 0) is 0 Å². The number of β-amino-alcohol motifs (C(OH)–C–C–N with tert-alkyl or cyclic N) is 1. The van der Waals surface area contributed by atoms with Crippen molar-refractivity contribution in [2.45, 2.75) is 38.7 Å². The van der Waals surface area contributed by atoms with Gasteiger partial charge in [0.2, 0.25) is 0 Å². The van der Waals surface area contributed by atoms with Gasteiger partial charge in [-0.05, 0) is 32.1 Å². The first-order chi connectivity index (χ1) is 7.48. The van der Waals surface area contributed by atoms with Crippen LogP contribution in [0.4, 0.5) is 4.79 Å². The molecule has 0 aromatic carbocycles. The third-order valence-electron chi connectivity index (χ3n) is 3.65. The van der Waals surface area contributed by atoms with Crippen LogP contribution in [0.1, 0.15) is 33.1 Å². The van der Waals surface area contributed by atoms with Crippen molar-refractivity contribution >= 4 is 6.03 Å². The van der Waals surface area contributed by atoms with E-state index in [0.717, 1.165) is 19.5 Å². The summed E-state index contributed by atoms with van der Waals surface area (Å²) in [6.45, 7) is 6.92. The lowest BCUT2D eigenvalue weighted by Crippen LogP contribution is -2.47. The fourth-order valence-corrected chi connectivity index (χ4v) is 2.67. The molecule has 16 heavy (non-hydrogen) atoms. The molecule has 2 saturated heterocycles. The normalized spacial score (nSPS) is 35.6. The molecule has 1 N–H and O–H groups in total. The second kappa shape index (κ2) is 4.24. The highest BCUT2D eigenvalue weighted by atomic mass is 16.3. The van der Waals surface area contributed by atoms with Crippen LogP contribution in [0.5, 0.6) is 0 Å². The van der Waals surface area contributed by atoms with E-state index in [1.54, 1.807) is 11.8 Å². The molecule has 0 aromatic rings. The Labute approximate surface area is 97.2 Å². The summed E-state index contributed by atoms with van der Waals surface area (Å²) in [5.74, 6) is 0.612. The molecular formula is C12H22N2O2. The third-order valence-corrected chi connectivity index (χ3v) is 3.65. The molecule has 2 atom stereocenters. The van der Waals surface area contributed by atoms with Gasteiger partial charge in [-0.3, -0.25) is 0 Å². The van der Waals surface area contributed by atoms with E-state index in [2.05, 4.69) is 6.92 Å². The van der Waals surface area contributed by atoms with Gasteiger partial charge >= 0.3 is 6.03 Å². The number of likely N-dealkylation sites (tertiary alicyclic amines) is 2. The molecule has 4 heteroatoms. The van der Waals surface area contributed by atoms with E-state index < -0.39 is 5.60 Å². The molecule has 2 heterocycles. The SMILES string of the molecule is CC1CCCN(C(=O)N2CCC(C)(O)C2)C1. The Morgan fingerprint density at radius 1 is 1.38 bits per heavy atom. The molecule has 0 aliphatic carbocycles. The van der Waals surface area contributed by atoms with Crippen molar-refractivity contribution in [2.24, 2.45) is 5.92 Å². The second-order valence-corrected chi connectivity index (χ2v) is 5.64. The van der Waals surface area contributed by atoms with Crippen molar-refractivity contribution in [3.8, 4) is 0 Å². The number of rotatable bonds is 0. The largest absolute Gasteiger partial charge is 0.388 e. The second-order valence-electron chi connectivity index (χ2n) is 5.64. The molecule has 2 fully saturated rings. The molecule has 0 spiro atoms. The molecule has 4 nitrogen and oxygen atoms in total. The Bertz CT molecular complexity index is 274. The first kappa shape index (κ1) is 11.7. The van der Waals surface area contributed by atoms with Crippen LogP contribution in [0, 0.1) is 5.92 Å². The summed E-state index contributed by atoms with van der Waals surface area (Å²) in [4.78, 5) is 15.9. The number of carbonyl (C=O) groups is 1. The minimum atomic E-state index is -0.683. The molecule has 2 rings (SSSR count). The van der Waals surface area contributed by atoms with Gasteiger partial charge < -0.3 is 14.9 Å². The summed E-state index contributed by atoms with van der Waals surface area (Å²) in [6.07, 6.45) is 3.03. The number of hydrogen-bond acceptors (Lipinski definition) is 2. The summed E-state index contributed by atoms with van der Waals surface area (Å²) in [6, 6.07) is 0.115. The summed E-state index contributed by atoms with van der Waals surface area (Å²) in [7, 11) is 0. The predicted molar refractivity (Wildman–Crippen MR) is 62.2 cm³/mol. The quantitative estimate of drug-likeness (QED) is 0.676. The molecule has 2 unspecified atom stereocenters. The highest BCUT2D eigenvalue weighted by Gasteiger charge is 2.36. The van der Waals surface area contributed by atoms with E-state index in [0.29, 0.717) is 25.4 Å². The lowest BCUT2D eigenvalue weighted by Gasteiger charge is -2.34. The minimum absolute atomic E-state index is 0.115. The van der Waals surface area contributed by atoms with Gasteiger partial charge in [-0.1, -0.05) is 6.92 Å². The van der Waals surface area contributed by atoms with E-state index in [4.69, 9.17) is 0 Å². The van der Waals surface area contributed by atoms with Crippen molar-refractivity contribution in [3.05, 3.63) is 0 Å². The van der Waals surface area contributed by atoms with Crippen LogP contribution in [0.15, 0.2) is 0 Å². The Kier molecular flexibility index (Phi) is 3.10. The van der Waals surface area contributed by atoms with Gasteiger partial charge in [0.05, 0.1) is 12.1 Å². The zero-order chi connectivity index (χ0) is 11.8. The Morgan fingerprint density at radius 3 is 2.69 bits per heavy atom. The first-order valence-corrected chi connectivity index (χ1v) is 6.24. The number of hydrogen-bond donors (Lipinski definition) is 1. The van der Waals surface area contributed by atoms with Crippen LogP contribution in [-0.4, -0.2) is 52.7 Å². The van der Waals surface area contributed by atoms with Crippen LogP contribution in [0.2, 0.25) is 0 Å². The van der Waals surface area contributed by atoms with Gasteiger partial charge in [-0.2, -0.15) is 0 Å². The van der Waals surface area contributed by atoms with E-state index in [1.807, 2.05) is 4.90 Å². The lowest BCUT2D eigenvalue weighted by molar-refractivity contribution is 0.0671. The van der Waals surface area contributed by atoms with Gasteiger partial charge in [0.1, 0.15) is 0 Å². The molecule has 0 aromatic heterocycles. The number of urea groups is 1. The average Bonchev–Trinajstić information content (AvgIpc) is 2.58. The van der Waals surface area contributed by atoms with E-state index >= 15 is 0 Å². The maximum atomic E-state index is 12.2. The Hall–Kier alpha value is -0.770. The maximum Gasteiger partial charge on any atom is 0.320 e. The highest BCUT2D eigenvalue weighted by molar-refractivity contribution is 5.75. The van der Waals surface area contributed by atoms with E-state index in [-0.39, 0.29) is 6.03 Å². The van der Waals surface area contributed by atoms with Crippen LogP contribution < -0.4 is 0 Å². The topological polar surface area (TPSA) is 43.8 Å². The molecule has 2 aliphatic rings. The summed E-state index contributed by atoms with van der Waals surface area (Å²) >= 11 is 0. The Morgan fingerprint density at radius 2 is 2.12 bits per heavy atom. The van der Waals surface area contributed by atoms with Gasteiger partial charge in [0, 0.05) is 19.6 Å². The van der Waals surface area contributed by atoms with Crippen LogP contribution >= 0.6 is 0 Å². The summed E-state index contributed by atoms with van der Waals surface area (Å²) < 4.78 is 0. The number of piperidine rings is 1. The molecule has 92 valence electrons. The number of aliphatic hydroxyl groups is 1. The van der Waals surface area contributed by atoms with E-state index in [1.165, 1.54) is 6.42 Å². The van der Waals surface area contributed by atoms with Gasteiger partial charge in [0.15, 0.2) is 0 Å². The standard InChI is InChI=1S/C12H22N2O2/c1-10-4-3-6-13(8-10)11(15)14-7-5-12(2,16)9-14/h10,16H,3-9H2,1-2H3. The van der Waals surface area contributed by atoms with Crippen LogP contribution in [0.3, 0.4) is 0 Å². The van der Waals surface area contributed by atoms with Crippen molar-refractivity contribution in [1.29, 1.82) is 0 Å². The molecule has 0 bridgehead atoms. The fraction of sp³-hybridized carbons (Fsp3) is 0.917. The fourth-order valence-electron chi connectivity index (χ4n) is 2.67. The summed E-state index contributed by atoms with van der Waals surface area (Å²) in [5, 5.41) is 9.85. The zero-order valence-electron chi connectivity index (χ0n) is 10.3. The van der Waals surface area contributed by atoms with Crippen molar-refractivity contribution in [2.75, 3.05) is 26.2 Å². The highest BCUT2D eigenvalue weighted by Crippen LogP contribution is 2.23. The monoisotopic (exact) mass is 226 g/mol. The molecule has 0 radical (unpaired) electrons. The minimum Gasteiger partial charge on any atom is -0.388 e. The number of nitrogens with zero attached hydrogens (tertiary/aromatic N) is 2. The van der Waals surface area contributed by atoms with Crippen molar-refractivity contribution in [3.63, 3.8) is 0 Å². The van der Waals surface area contributed by atoms with Crippen molar-refractivity contribution in [1.82, 2.24) is 9.80 Å².